The molecule has 0 spiro atoms. The van der Waals surface area contributed by atoms with E-state index in [2.05, 4.69) is 40.2 Å². The van der Waals surface area contributed by atoms with Crippen LogP contribution in [0.4, 0.5) is 0 Å². The summed E-state index contributed by atoms with van der Waals surface area (Å²) in [5.41, 5.74) is 1.50. The maximum atomic E-state index is 5.73. The lowest BCUT2D eigenvalue weighted by molar-refractivity contribution is 0.310. The van der Waals surface area contributed by atoms with E-state index in [1.165, 1.54) is 44.1 Å². The van der Waals surface area contributed by atoms with Gasteiger partial charge in [-0.2, -0.15) is 0 Å². The molecule has 0 N–H and O–H groups in total. The van der Waals surface area contributed by atoms with E-state index in [0.29, 0.717) is 0 Å². The Kier molecular flexibility index (Phi) is 6.06. The van der Waals surface area contributed by atoms with Gasteiger partial charge in [-0.05, 0) is 49.3 Å². The number of benzene rings is 1. The molecule has 1 nitrogen and oxygen atoms in total. The number of alkyl halides is 1. The van der Waals surface area contributed by atoms with Crippen LogP contribution in [0.15, 0.2) is 24.3 Å². The molecule has 100 valence electrons. The van der Waals surface area contributed by atoms with Gasteiger partial charge in [0, 0.05) is 5.33 Å². The van der Waals surface area contributed by atoms with E-state index >= 15 is 0 Å². The van der Waals surface area contributed by atoms with Gasteiger partial charge in [0.25, 0.3) is 0 Å². The molecule has 0 amide bonds. The second-order valence-corrected chi connectivity index (χ2v) is 5.94. The van der Waals surface area contributed by atoms with Crippen molar-refractivity contribution < 1.29 is 4.74 Å². The molecule has 1 aliphatic carbocycles. The Hall–Kier alpha value is -0.500. The van der Waals surface area contributed by atoms with Crippen molar-refractivity contribution in [1.29, 1.82) is 0 Å². The Morgan fingerprint density at radius 1 is 1.00 bits per heavy atom. The fourth-order valence-electron chi connectivity index (χ4n) is 2.66. The molecule has 2 heteroatoms. The average molecular weight is 311 g/mol. The summed E-state index contributed by atoms with van der Waals surface area (Å²) in [6.07, 6.45) is 9.25. The summed E-state index contributed by atoms with van der Waals surface area (Å²) in [5, 5.41) is 1.07. The van der Waals surface area contributed by atoms with Crippen molar-refractivity contribution >= 4 is 15.9 Å². The first kappa shape index (κ1) is 13.9. The molecule has 0 bridgehead atoms. The molecule has 1 aromatic carbocycles. The van der Waals surface area contributed by atoms with Crippen LogP contribution in [-0.4, -0.2) is 11.9 Å². The van der Waals surface area contributed by atoms with Gasteiger partial charge in [0.15, 0.2) is 0 Å². The molecule has 0 aromatic heterocycles. The van der Waals surface area contributed by atoms with Crippen LogP contribution in [-0.2, 0) is 0 Å². The zero-order valence-corrected chi connectivity index (χ0v) is 12.6. The normalized spacial score (nSPS) is 16.7. The lowest BCUT2D eigenvalue weighted by Gasteiger charge is -2.22. The third-order valence-corrected chi connectivity index (χ3v) is 4.31. The molecule has 2 rings (SSSR count). The van der Waals surface area contributed by atoms with E-state index in [4.69, 9.17) is 4.74 Å². The van der Waals surface area contributed by atoms with Gasteiger partial charge in [0.1, 0.15) is 5.75 Å². The fourth-order valence-corrected chi connectivity index (χ4v) is 3.06. The standard InChI is InChI=1S/C16H23BrO/c17-12-4-5-13-18-16-10-8-15(9-11-16)14-6-2-1-3-7-14/h8-11,14H,1-7,12-13H2. The fraction of sp³-hybridized carbons (Fsp3) is 0.625. The summed E-state index contributed by atoms with van der Waals surface area (Å²) in [4.78, 5) is 0. The summed E-state index contributed by atoms with van der Waals surface area (Å²) in [6.45, 7) is 0.828. The zero-order chi connectivity index (χ0) is 12.6. The monoisotopic (exact) mass is 310 g/mol. The first-order valence-corrected chi connectivity index (χ1v) is 8.31. The Morgan fingerprint density at radius 2 is 1.72 bits per heavy atom. The maximum absolute atomic E-state index is 5.73. The molecular formula is C16H23BrO. The lowest BCUT2D eigenvalue weighted by atomic mass is 9.84. The van der Waals surface area contributed by atoms with E-state index < -0.39 is 0 Å². The van der Waals surface area contributed by atoms with Crippen LogP contribution in [0.25, 0.3) is 0 Å². The SMILES string of the molecule is BrCCCCOc1ccc(C2CCCCC2)cc1. The number of hydrogen-bond donors (Lipinski definition) is 0. The van der Waals surface area contributed by atoms with Crippen molar-refractivity contribution in [2.75, 3.05) is 11.9 Å². The first-order chi connectivity index (χ1) is 8.90. The van der Waals surface area contributed by atoms with Gasteiger partial charge in [-0.3, -0.25) is 0 Å². The highest BCUT2D eigenvalue weighted by Crippen LogP contribution is 2.33. The smallest absolute Gasteiger partial charge is 0.119 e. The Morgan fingerprint density at radius 3 is 2.39 bits per heavy atom. The van der Waals surface area contributed by atoms with Crippen LogP contribution < -0.4 is 4.74 Å². The van der Waals surface area contributed by atoms with E-state index in [1.807, 2.05) is 0 Å². The van der Waals surface area contributed by atoms with E-state index in [-0.39, 0.29) is 0 Å². The highest BCUT2D eigenvalue weighted by Gasteiger charge is 2.14. The van der Waals surface area contributed by atoms with Gasteiger partial charge in [0.2, 0.25) is 0 Å². The molecule has 0 heterocycles. The highest BCUT2D eigenvalue weighted by atomic mass is 79.9. The Bertz CT molecular complexity index is 327. The minimum absolute atomic E-state index is 0.793. The number of ether oxygens (including phenoxy) is 1. The van der Waals surface area contributed by atoms with Gasteiger partial charge in [0.05, 0.1) is 6.61 Å². The number of halogens is 1. The van der Waals surface area contributed by atoms with E-state index in [0.717, 1.165) is 30.0 Å². The summed E-state index contributed by atoms with van der Waals surface area (Å²) in [5.74, 6) is 1.81. The summed E-state index contributed by atoms with van der Waals surface area (Å²) < 4.78 is 5.73. The Labute approximate surface area is 119 Å². The van der Waals surface area contributed by atoms with E-state index in [9.17, 15) is 0 Å². The van der Waals surface area contributed by atoms with Crippen LogP contribution in [0.5, 0.6) is 5.75 Å². The number of hydrogen-bond acceptors (Lipinski definition) is 1. The van der Waals surface area contributed by atoms with Crippen molar-refractivity contribution in [2.24, 2.45) is 0 Å². The van der Waals surface area contributed by atoms with Crippen LogP contribution in [0.3, 0.4) is 0 Å². The summed E-state index contributed by atoms with van der Waals surface area (Å²) in [7, 11) is 0. The highest BCUT2D eigenvalue weighted by molar-refractivity contribution is 9.09. The van der Waals surface area contributed by atoms with Gasteiger partial charge in [-0.25, -0.2) is 0 Å². The second kappa shape index (κ2) is 7.83. The predicted molar refractivity (Wildman–Crippen MR) is 80.8 cm³/mol. The zero-order valence-electron chi connectivity index (χ0n) is 11.0. The van der Waals surface area contributed by atoms with E-state index in [1.54, 1.807) is 0 Å². The molecule has 0 unspecified atom stereocenters. The van der Waals surface area contributed by atoms with Crippen LogP contribution >= 0.6 is 15.9 Å². The molecular weight excluding hydrogens is 288 g/mol. The molecule has 0 saturated heterocycles. The largest absolute Gasteiger partial charge is 0.494 e. The van der Waals surface area contributed by atoms with Crippen molar-refractivity contribution in [1.82, 2.24) is 0 Å². The van der Waals surface area contributed by atoms with Gasteiger partial charge >= 0.3 is 0 Å². The van der Waals surface area contributed by atoms with Gasteiger partial charge in [-0.15, -0.1) is 0 Å². The molecule has 0 aliphatic heterocycles. The third kappa shape index (κ3) is 4.31. The second-order valence-electron chi connectivity index (χ2n) is 5.15. The first-order valence-electron chi connectivity index (χ1n) is 7.19. The van der Waals surface area contributed by atoms with Crippen LogP contribution in [0.2, 0.25) is 0 Å². The number of unbranched alkanes of at least 4 members (excludes halogenated alkanes) is 1. The Balaban J connectivity index is 1.81. The minimum atomic E-state index is 0.793. The number of rotatable bonds is 6. The molecule has 1 aliphatic rings. The predicted octanol–water partition coefficient (Wildman–Crippen LogP) is 5.29. The van der Waals surface area contributed by atoms with Crippen molar-refractivity contribution in [3.63, 3.8) is 0 Å². The molecule has 0 atom stereocenters. The third-order valence-electron chi connectivity index (χ3n) is 3.75. The summed E-state index contributed by atoms with van der Waals surface area (Å²) in [6, 6.07) is 8.79. The molecule has 1 aromatic rings. The molecule has 0 radical (unpaired) electrons. The van der Waals surface area contributed by atoms with Crippen molar-refractivity contribution in [3.05, 3.63) is 29.8 Å². The van der Waals surface area contributed by atoms with Crippen LogP contribution in [0.1, 0.15) is 56.4 Å². The van der Waals surface area contributed by atoms with Gasteiger partial charge < -0.3 is 4.74 Å². The topological polar surface area (TPSA) is 9.23 Å². The van der Waals surface area contributed by atoms with Gasteiger partial charge in [-0.1, -0.05) is 47.3 Å². The van der Waals surface area contributed by atoms with Crippen molar-refractivity contribution in [3.8, 4) is 5.75 Å². The van der Waals surface area contributed by atoms with Crippen molar-refractivity contribution in [2.45, 2.75) is 50.9 Å². The quantitative estimate of drug-likeness (QED) is 0.512. The summed E-state index contributed by atoms with van der Waals surface area (Å²) >= 11 is 3.43. The average Bonchev–Trinajstić information content (AvgIpc) is 2.45. The minimum Gasteiger partial charge on any atom is -0.494 e. The molecule has 18 heavy (non-hydrogen) atoms. The lowest BCUT2D eigenvalue weighted by Crippen LogP contribution is -2.04. The maximum Gasteiger partial charge on any atom is 0.119 e. The molecule has 1 fully saturated rings. The molecule has 1 saturated carbocycles. The van der Waals surface area contributed by atoms with Crippen LogP contribution in [0, 0.1) is 0 Å².